The molecule has 3 aromatic rings. The highest BCUT2D eigenvalue weighted by molar-refractivity contribution is 9.10. The molecule has 21 heavy (non-hydrogen) atoms. The van der Waals surface area contributed by atoms with E-state index in [-0.39, 0.29) is 0 Å². The number of aromatic nitrogens is 2. The first kappa shape index (κ1) is 13.8. The number of pyridine rings is 2. The molecule has 0 bridgehead atoms. The average Bonchev–Trinajstić information content (AvgIpc) is 2.51. The topological polar surface area (TPSA) is 63.8 Å². The van der Waals surface area contributed by atoms with Gasteiger partial charge in [0, 0.05) is 40.7 Å². The quantitative estimate of drug-likeness (QED) is 0.710. The van der Waals surface area contributed by atoms with Gasteiger partial charge in [0.2, 0.25) is 0 Å². The minimum Gasteiger partial charge on any atom is -0.398 e. The minimum absolute atomic E-state index is 0.733. The van der Waals surface area contributed by atoms with Crippen LogP contribution in [0.5, 0.6) is 0 Å². The first-order valence-corrected chi connectivity index (χ1v) is 7.50. The van der Waals surface area contributed by atoms with E-state index in [1.807, 2.05) is 30.5 Å². The molecule has 0 saturated heterocycles. The molecule has 0 saturated carbocycles. The number of anilines is 2. The van der Waals surface area contributed by atoms with Gasteiger partial charge in [-0.25, -0.2) is 0 Å². The van der Waals surface area contributed by atoms with Gasteiger partial charge in [-0.15, -0.1) is 0 Å². The molecule has 5 heteroatoms. The van der Waals surface area contributed by atoms with Crippen LogP contribution in [0, 0.1) is 0 Å². The van der Waals surface area contributed by atoms with E-state index in [4.69, 9.17) is 5.73 Å². The smallest absolute Gasteiger partial charge is 0.0954 e. The predicted molar refractivity (Wildman–Crippen MR) is 90.3 cm³/mol. The van der Waals surface area contributed by atoms with Crippen molar-refractivity contribution in [2.45, 2.75) is 6.42 Å². The standard InChI is InChI=1S/C16H15BrN4/c17-12-8-13-14(18)3-4-15(16(13)21-10-12)20-7-5-11-2-1-6-19-9-11/h1-4,6,8-10,20H,5,7,18H2. The maximum Gasteiger partial charge on any atom is 0.0954 e. The fourth-order valence-electron chi connectivity index (χ4n) is 2.25. The fourth-order valence-corrected chi connectivity index (χ4v) is 2.58. The van der Waals surface area contributed by atoms with Gasteiger partial charge >= 0.3 is 0 Å². The summed E-state index contributed by atoms with van der Waals surface area (Å²) in [6.45, 7) is 0.822. The van der Waals surface area contributed by atoms with Crippen molar-refractivity contribution in [2.75, 3.05) is 17.6 Å². The normalized spacial score (nSPS) is 10.7. The zero-order valence-corrected chi connectivity index (χ0v) is 13.0. The van der Waals surface area contributed by atoms with Crippen molar-refractivity contribution in [3.8, 4) is 0 Å². The molecule has 2 aromatic heterocycles. The van der Waals surface area contributed by atoms with Crippen molar-refractivity contribution in [1.82, 2.24) is 9.97 Å². The van der Waals surface area contributed by atoms with E-state index >= 15 is 0 Å². The molecule has 3 N–H and O–H groups in total. The van der Waals surface area contributed by atoms with Crippen LogP contribution in [0.1, 0.15) is 5.56 Å². The molecule has 0 radical (unpaired) electrons. The Morgan fingerprint density at radius 1 is 1.19 bits per heavy atom. The molecule has 0 aliphatic rings. The van der Waals surface area contributed by atoms with Gasteiger partial charge in [-0.1, -0.05) is 6.07 Å². The van der Waals surface area contributed by atoms with Crippen LogP contribution in [-0.4, -0.2) is 16.5 Å². The molecule has 0 atom stereocenters. The lowest BCUT2D eigenvalue weighted by atomic mass is 10.1. The highest BCUT2D eigenvalue weighted by Crippen LogP contribution is 2.28. The average molecular weight is 343 g/mol. The second-order valence-corrected chi connectivity index (χ2v) is 5.71. The van der Waals surface area contributed by atoms with Gasteiger partial charge in [-0.05, 0) is 52.2 Å². The molecule has 3 rings (SSSR count). The summed E-state index contributed by atoms with van der Waals surface area (Å²) in [5.41, 5.74) is 9.85. The van der Waals surface area contributed by atoms with Crippen LogP contribution in [-0.2, 0) is 6.42 Å². The number of hydrogen-bond donors (Lipinski definition) is 2. The van der Waals surface area contributed by atoms with Crippen LogP contribution in [0.4, 0.5) is 11.4 Å². The Bertz CT molecular complexity index is 759. The van der Waals surface area contributed by atoms with Crippen molar-refractivity contribution in [3.05, 3.63) is 59.0 Å². The van der Waals surface area contributed by atoms with Gasteiger partial charge in [0.05, 0.1) is 11.2 Å². The zero-order chi connectivity index (χ0) is 14.7. The summed E-state index contributed by atoms with van der Waals surface area (Å²) in [7, 11) is 0. The first-order valence-electron chi connectivity index (χ1n) is 6.70. The maximum atomic E-state index is 6.02. The largest absolute Gasteiger partial charge is 0.398 e. The highest BCUT2D eigenvalue weighted by atomic mass is 79.9. The van der Waals surface area contributed by atoms with Crippen LogP contribution in [0.2, 0.25) is 0 Å². The lowest BCUT2D eigenvalue weighted by Gasteiger charge is -2.11. The first-order chi connectivity index (χ1) is 10.2. The molecule has 2 heterocycles. The summed E-state index contributed by atoms with van der Waals surface area (Å²) < 4.78 is 0.925. The number of fused-ring (bicyclic) bond motifs is 1. The van der Waals surface area contributed by atoms with Crippen molar-refractivity contribution < 1.29 is 0 Å². The Morgan fingerprint density at radius 2 is 2.10 bits per heavy atom. The monoisotopic (exact) mass is 342 g/mol. The maximum absolute atomic E-state index is 6.02. The summed E-state index contributed by atoms with van der Waals surface area (Å²) in [5.74, 6) is 0. The Hall–Kier alpha value is -2.14. The number of benzene rings is 1. The van der Waals surface area contributed by atoms with Crippen molar-refractivity contribution in [2.24, 2.45) is 0 Å². The molecule has 0 unspecified atom stereocenters. The Morgan fingerprint density at radius 3 is 2.90 bits per heavy atom. The van der Waals surface area contributed by atoms with Gasteiger partial charge in [-0.2, -0.15) is 0 Å². The molecular weight excluding hydrogens is 328 g/mol. The molecule has 0 spiro atoms. The van der Waals surface area contributed by atoms with E-state index < -0.39 is 0 Å². The third-order valence-corrected chi connectivity index (χ3v) is 3.74. The molecule has 0 amide bonds. The number of nitrogens with two attached hydrogens (primary N) is 1. The lowest BCUT2D eigenvalue weighted by Crippen LogP contribution is -2.06. The van der Waals surface area contributed by atoms with Gasteiger partial charge in [-0.3, -0.25) is 9.97 Å². The van der Waals surface area contributed by atoms with Crippen molar-refractivity contribution >= 4 is 38.2 Å². The molecule has 4 nitrogen and oxygen atoms in total. The molecule has 106 valence electrons. The van der Waals surface area contributed by atoms with Crippen LogP contribution >= 0.6 is 15.9 Å². The van der Waals surface area contributed by atoms with Crippen LogP contribution in [0.25, 0.3) is 10.9 Å². The van der Waals surface area contributed by atoms with E-state index in [0.717, 1.165) is 39.7 Å². The number of hydrogen-bond acceptors (Lipinski definition) is 4. The van der Waals surface area contributed by atoms with E-state index in [1.54, 1.807) is 12.4 Å². The summed E-state index contributed by atoms with van der Waals surface area (Å²) >= 11 is 3.43. The van der Waals surface area contributed by atoms with E-state index in [0.29, 0.717) is 0 Å². The van der Waals surface area contributed by atoms with Crippen LogP contribution in [0.3, 0.4) is 0 Å². The Kier molecular flexibility index (Phi) is 4.01. The van der Waals surface area contributed by atoms with E-state index in [2.05, 4.69) is 37.3 Å². The van der Waals surface area contributed by atoms with Crippen LogP contribution < -0.4 is 11.1 Å². The van der Waals surface area contributed by atoms with Gasteiger partial charge < -0.3 is 11.1 Å². The third kappa shape index (κ3) is 3.13. The van der Waals surface area contributed by atoms with Gasteiger partial charge in [0.1, 0.15) is 0 Å². The summed E-state index contributed by atoms with van der Waals surface area (Å²) in [6.07, 6.45) is 6.37. The van der Waals surface area contributed by atoms with Gasteiger partial charge in [0.25, 0.3) is 0 Å². The fraction of sp³-hybridized carbons (Fsp3) is 0.125. The molecule has 0 aliphatic heterocycles. The molecule has 0 fully saturated rings. The summed E-state index contributed by atoms with van der Waals surface area (Å²) in [5, 5.41) is 4.38. The number of rotatable bonds is 4. The molecule has 1 aromatic carbocycles. The summed E-state index contributed by atoms with van der Waals surface area (Å²) in [6, 6.07) is 9.90. The SMILES string of the molecule is Nc1ccc(NCCc2cccnc2)c2ncc(Br)cc12. The highest BCUT2D eigenvalue weighted by Gasteiger charge is 2.06. The predicted octanol–water partition coefficient (Wildman–Crippen LogP) is 3.63. The van der Waals surface area contributed by atoms with Gasteiger partial charge in [0.15, 0.2) is 0 Å². The van der Waals surface area contributed by atoms with Crippen molar-refractivity contribution in [1.29, 1.82) is 0 Å². The Labute approximate surface area is 131 Å². The second kappa shape index (κ2) is 6.10. The zero-order valence-electron chi connectivity index (χ0n) is 11.4. The Balaban J connectivity index is 1.80. The van der Waals surface area contributed by atoms with Crippen LogP contribution in [0.15, 0.2) is 53.4 Å². The molecule has 0 aliphatic carbocycles. The second-order valence-electron chi connectivity index (χ2n) is 4.79. The van der Waals surface area contributed by atoms with Crippen molar-refractivity contribution in [3.63, 3.8) is 0 Å². The van der Waals surface area contributed by atoms with E-state index in [1.165, 1.54) is 5.56 Å². The molecular formula is C16H15BrN4. The number of nitrogens with one attached hydrogen (secondary N) is 1. The number of halogens is 1. The van der Waals surface area contributed by atoms with E-state index in [9.17, 15) is 0 Å². The number of nitrogens with zero attached hydrogens (tertiary/aromatic N) is 2. The minimum atomic E-state index is 0.733. The summed E-state index contributed by atoms with van der Waals surface area (Å²) in [4.78, 5) is 8.59. The third-order valence-electron chi connectivity index (χ3n) is 3.30. The number of nitrogen functional groups attached to an aromatic ring is 1. The lowest BCUT2D eigenvalue weighted by molar-refractivity contribution is 1.01.